The minimum Gasteiger partial charge on any atom is -0.467 e. The van der Waals surface area contributed by atoms with E-state index in [1.807, 2.05) is 0 Å². The van der Waals surface area contributed by atoms with Crippen LogP contribution in [0.5, 0.6) is 0 Å². The van der Waals surface area contributed by atoms with E-state index in [0.29, 0.717) is 16.5 Å². The van der Waals surface area contributed by atoms with Crippen molar-refractivity contribution in [3.05, 3.63) is 80.0 Å². The van der Waals surface area contributed by atoms with Gasteiger partial charge in [0, 0.05) is 12.1 Å². The molecule has 2 aromatic heterocycles. The second-order valence-electron chi connectivity index (χ2n) is 5.15. The van der Waals surface area contributed by atoms with Crippen LogP contribution in [0.25, 0.3) is 5.69 Å². The number of carbonyl (C=O) groups excluding carboxylic acids is 1. The molecule has 128 valence electrons. The highest BCUT2D eigenvalue weighted by Crippen LogP contribution is 2.11. The Bertz CT molecular complexity index is 1020. The van der Waals surface area contributed by atoms with E-state index in [4.69, 9.17) is 16.0 Å². The van der Waals surface area contributed by atoms with Crippen LogP contribution in [0.15, 0.2) is 56.7 Å². The quantitative estimate of drug-likeness (QED) is 0.751. The predicted molar refractivity (Wildman–Crippen MR) is 90.0 cm³/mol. The first-order valence-electron chi connectivity index (χ1n) is 7.24. The van der Waals surface area contributed by atoms with Crippen LogP contribution in [-0.2, 0) is 13.6 Å². The second-order valence-corrected chi connectivity index (χ2v) is 5.58. The molecule has 1 aromatic carbocycles. The van der Waals surface area contributed by atoms with E-state index >= 15 is 0 Å². The summed E-state index contributed by atoms with van der Waals surface area (Å²) in [4.78, 5) is 36.8. The third kappa shape index (κ3) is 3.38. The molecule has 3 aromatic rings. The van der Waals surface area contributed by atoms with Crippen molar-refractivity contribution < 1.29 is 9.21 Å². The van der Waals surface area contributed by atoms with Gasteiger partial charge in [0.05, 0.1) is 18.5 Å². The van der Waals surface area contributed by atoms with Crippen LogP contribution in [0.2, 0.25) is 5.02 Å². The summed E-state index contributed by atoms with van der Waals surface area (Å²) in [5.41, 5.74) is -1.48. The fourth-order valence-corrected chi connectivity index (χ4v) is 2.26. The van der Waals surface area contributed by atoms with Gasteiger partial charge < -0.3 is 9.73 Å². The van der Waals surface area contributed by atoms with E-state index in [2.05, 4.69) is 10.4 Å². The Hall–Kier alpha value is -3.13. The monoisotopic (exact) mass is 360 g/mol. The summed E-state index contributed by atoms with van der Waals surface area (Å²) in [7, 11) is 1.28. The normalized spacial score (nSPS) is 10.6. The number of rotatable bonds is 4. The van der Waals surface area contributed by atoms with Gasteiger partial charge in [0.1, 0.15) is 5.76 Å². The Morgan fingerprint density at radius 3 is 2.60 bits per heavy atom. The van der Waals surface area contributed by atoms with Gasteiger partial charge in [0.15, 0.2) is 0 Å². The van der Waals surface area contributed by atoms with E-state index in [1.54, 1.807) is 36.4 Å². The first-order valence-corrected chi connectivity index (χ1v) is 7.62. The third-order valence-electron chi connectivity index (χ3n) is 3.46. The number of amides is 1. The molecule has 1 amide bonds. The maximum absolute atomic E-state index is 12.3. The zero-order valence-electron chi connectivity index (χ0n) is 13.1. The molecule has 0 aliphatic heterocycles. The minimum atomic E-state index is -0.785. The number of halogens is 1. The van der Waals surface area contributed by atoms with Crippen molar-refractivity contribution >= 4 is 17.5 Å². The Morgan fingerprint density at radius 2 is 1.96 bits per heavy atom. The maximum Gasteiger partial charge on any atom is 0.351 e. The number of nitrogens with one attached hydrogen (secondary N) is 1. The van der Waals surface area contributed by atoms with Gasteiger partial charge in [-0.05, 0) is 36.4 Å². The van der Waals surface area contributed by atoms with Crippen molar-refractivity contribution in [3.8, 4) is 5.69 Å². The highest BCUT2D eigenvalue weighted by atomic mass is 35.5. The van der Waals surface area contributed by atoms with Gasteiger partial charge in [-0.15, -0.1) is 0 Å². The fraction of sp³-hybridized carbons (Fsp3) is 0.125. The van der Waals surface area contributed by atoms with Crippen LogP contribution in [0.4, 0.5) is 0 Å². The van der Waals surface area contributed by atoms with Crippen molar-refractivity contribution in [1.29, 1.82) is 0 Å². The van der Waals surface area contributed by atoms with Gasteiger partial charge in [-0.2, -0.15) is 9.78 Å². The zero-order chi connectivity index (χ0) is 18.0. The lowest BCUT2D eigenvalue weighted by Crippen LogP contribution is -2.44. The fourth-order valence-electron chi connectivity index (χ4n) is 2.13. The van der Waals surface area contributed by atoms with Gasteiger partial charge in [0.25, 0.3) is 11.5 Å². The lowest BCUT2D eigenvalue weighted by atomic mass is 10.3. The highest BCUT2D eigenvalue weighted by molar-refractivity contribution is 6.30. The van der Waals surface area contributed by atoms with E-state index in [-0.39, 0.29) is 6.54 Å². The molecule has 0 saturated heterocycles. The molecule has 25 heavy (non-hydrogen) atoms. The van der Waals surface area contributed by atoms with E-state index in [1.165, 1.54) is 13.3 Å². The molecule has 0 spiro atoms. The van der Waals surface area contributed by atoms with Gasteiger partial charge >= 0.3 is 5.69 Å². The number of benzene rings is 1. The molecule has 0 aliphatic carbocycles. The third-order valence-corrected chi connectivity index (χ3v) is 3.72. The Labute approximate surface area is 146 Å². The summed E-state index contributed by atoms with van der Waals surface area (Å²) in [6.45, 7) is 0.0940. The van der Waals surface area contributed by atoms with Crippen molar-refractivity contribution in [2.24, 2.45) is 7.05 Å². The van der Waals surface area contributed by atoms with Crippen molar-refractivity contribution in [3.63, 3.8) is 0 Å². The van der Waals surface area contributed by atoms with E-state index in [9.17, 15) is 14.4 Å². The molecule has 0 atom stereocenters. The molecular formula is C16H13ClN4O4. The topological polar surface area (TPSA) is 99.1 Å². The number of aromatic nitrogens is 3. The standard InChI is InChI=1S/C16H13ClN4O4/c1-20-15(23)13(14(22)18-9-12-3-2-8-25-12)19-21(16(20)24)11-6-4-10(17)5-7-11/h2-8H,9H2,1H3,(H,18,22). The number of carbonyl (C=O) groups is 1. The molecular weight excluding hydrogens is 348 g/mol. The van der Waals surface area contributed by atoms with Gasteiger partial charge in [-0.25, -0.2) is 4.79 Å². The summed E-state index contributed by atoms with van der Waals surface area (Å²) < 4.78 is 6.91. The summed E-state index contributed by atoms with van der Waals surface area (Å²) in [5, 5.41) is 6.93. The number of nitrogens with zero attached hydrogens (tertiary/aromatic N) is 3. The predicted octanol–water partition coefficient (Wildman–Crippen LogP) is 1.11. The van der Waals surface area contributed by atoms with Crippen molar-refractivity contribution in [2.75, 3.05) is 0 Å². The van der Waals surface area contributed by atoms with Crippen LogP contribution >= 0.6 is 11.6 Å². The first-order chi connectivity index (χ1) is 12.0. The molecule has 1 N–H and O–H groups in total. The van der Waals surface area contributed by atoms with E-state index in [0.717, 1.165) is 9.25 Å². The highest BCUT2D eigenvalue weighted by Gasteiger charge is 2.18. The van der Waals surface area contributed by atoms with Crippen LogP contribution in [0, 0.1) is 0 Å². The Kier molecular flexibility index (Phi) is 4.53. The Morgan fingerprint density at radius 1 is 1.24 bits per heavy atom. The summed E-state index contributed by atoms with van der Waals surface area (Å²) in [6.07, 6.45) is 1.47. The summed E-state index contributed by atoms with van der Waals surface area (Å²) >= 11 is 5.83. The van der Waals surface area contributed by atoms with Gasteiger partial charge in [-0.3, -0.25) is 14.2 Å². The second kappa shape index (κ2) is 6.78. The summed E-state index contributed by atoms with van der Waals surface area (Å²) in [5.74, 6) is -0.184. The smallest absolute Gasteiger partial charge is 0.351 e. The molecule has 0 aliphatic rings. The number of hydrogen-bond acceptors (Lipinski definition) is 5. The molecule has 2 heterocycles. The maximum atomic E-state index is 12.3. The van der Waals surface area contributed by atoms with Gasteiger partial charge in [0.2, 0.25) is 5.69 Å². The zero-order valence-corrected chi connectivity index (χ0v) is 13.9. The molecule has 0 fully saturated rings. The molecule has 3 rings (SSSR count). The minimum absolute atomic E-state index is 0.0940. The SMILES string of the molecule is Cn1c(=O)c(C(=O)NCc2ccco2)nn(-c2ccc(Cl)cc2)c1=O. The average Bonchev–Trinajstić information content (AvgIpc) is 3.12. The van der Waals surface area contributed by atoms with E-state index < -0.39 is 22.9 Å². The molecule has 8 nitrogen and oxygen atoms in total. The number of hydrogen-bond donors (Lipinski definition) is 1. The lowest BCUT2D eigenvalue weighted by Gasteiger charge is -2.09. The van der Waals surface area contributed by atoms with Gasteiger partial charge in [-0.1, -0.05) is 11.6 Å². The van der Waals surface area contributed by atoms with Crippen molar-refractivity contribution in [1.82, 2.24) is 19.7 Å². The number of furan rings is 1. The lowest BCUT2D eigenvalue weighted by molar-refractivity contribution is 0.0938. The Balaban J connectivity index is 1.99. The average molecular weight is 361 g/mol. The van der Waals surface area contributed by atoms with Crippen molar-refractivity contribution in [2.45, 2.75) is 6.54 Å². The molecule has 0 radical (unpaired) electrons. The first kappa shape index (κ1) is 16.7. The summed E-state index contributed by atoms with van der Waals surface area (Å²) in [6, 6.07) is 9.64. The largest absolute Gasteiger partial charge is 0.467 e. The molecule has 0 saturated carbocycles. The molecule has 9 heteroatoms. The molecule has 0 unspecified atom stereocenters. The van der Waals surface area contributed by atoms with Crippen LogP contribution < -0.4 is 16.6 Å². The van der Waals surface area contributed by atoms with Crippen LogP contribution in [0.1, 0.15) is 16.2 Å². The van der Waals surface area contributed by atoms with Crippen LogP contribution in [0.3, 0.4) is 0 Å². The molecule has 0 bridgehead atoms. The van der Waals surface area contributed by atoms with Crippen LogP contribution in [-0.4, -0.2) is 20.3 Å².